The lowest BCUT2D eigenvalue weighted by molar-refractivity contribution is -0.119. The fourth-order valence-electron chi connectivity index (χ4n) is 4.38. The van der Waals surface area contributed by atoms with E-state index in [1.807, 2.05) is 55.4 Å². The van der Waals surface area contributed by atoms with E-state index in [4.69, 9.17) is 4.52 Å². The van der Waals surface area contributed by atoms with Gasteiger partial charge in [0.2, 0.25) is 17.7 Å². The van der Waals surface area contributed by atoms with E-state index < -0.39 is 47.0 Å². The average Bonchev–Trinajstić information content (AvgIpc) is 3.67. The number of hydrogen-bond acceptors (Lipinski definition) is 10. The lowest BCUT2D eigenvalue weighted by Crippen LogP contribution is -2.48. The second-order valence-corrected chi connectivity index (χ2v) is 21.4. The van der Waals surface area contributed by atoms with E-state index in [-0.39, 0.29) is 40.0 Å². The van der Waals surface area contributed by atoms with Gasteiger partial charge < -0.3 is 20.5 Å². The van der Waals surface area contributed by atoms with Gasteiger partial charge in [0.1, 0.15) is 21.1 Å². The number of nitrogens with one attached hydrogen (secondary N) is 3. The summed E-state index contributed by atoms with van der Waals surface area (Å²) in [4.78, 5) is 36.4. The van der Waals surface area contributed by atoms with Gasteiger partial charge >= 0.3 is 0 Å². The zero-order valence-corrected chi connectivity index (χ0v) is 32.9. The summed E-state index contributed by atoms with van der Waals surface area (Å²) in [5.74, 6) is -0.0989. The Morgan fingerprint density at radius 3 is 1.92 bits per heavy atom. The highest BCUT2D eigenvalue weighted by Gasteiger charge is 2.44. The number of hydrogen-bond donors (Lipinski definition) is 3. The maximum atomic E-state index is 12.8. The molecule has 0 aromatic carbocycles. The van der Waals surface area contributed by atoms with Gasteiger partial charge in [-0.1, -0.05) is 60.5 Å². The molecule has 2 aromatic heterocycles. The number of rotatable bonds is 11. The lowest BCUT2D eigenvalue weighted by atomic mass is 9.92. The van der Waals surface area contributed by atoms with E-state index in [1.54, 1.807) is 19.2 Å². The monoisotopic (exact) mass is 728 g/mol. The van der Waals surface area contributed by atoms with Crippen molar-refractivity contribution in [1.82, 2.24) is 20.3 Å². The number of carbonyl (C=O) groups excluding carboxylic acids is 3. The molecule has 1 aliphatic heterocycles. The Hall–Kier alpha value is -3.27. The molecule has 3 rings (SSSR count). The SMILES string of the molecule is CC(C)CCS(=O)(=O)C(C)(C)C(=O)Nc1cc(C(C)(C)C)on1.Cn1nc(C(C)(C)C)cc1NC(=O)C(C)(C)S(=O)(=O)C[C@H]1CCC(=O)N1. The fraction of sp³-hybridized carbons (Fsp3) is 0.727. The second kappa shape index (κ2) is 14.9. The van der Waals surface area contributed by atoms with Crippen molar-refractivity contribution in [3.05, 3.63) is 23.6 Å². The van der Waals surface area contributed by atoms with Gasteiger partial charge in [0.15, 0.2) is 25.5 Å². The molecule has 14 nitrogen and oxygen atoms in total. The Balaban J connectivity index is 0.000000343. The molecular weight excluding hydrogens is 673 g/mol. The third kappa shape index (κ3) is 10.6. The first-order valence-electron chi connectivity index (χ1n) is 16.4. The molecule has 16 heteroatoms. The summed E-state index contributed by atoms with van der Waals surface area (Å²) < 4.78 is 54.0. The molecule has 3 heterocycles. The molecule has 0 saturated carbocycles. The van der Waals surface area contributed by atoms with Gasteiger partial charge in [-0.05, 0) is 46.5 Å². The Morgan fingerprint density at radius 1 is 0.918 bits per heavy atom. The van der Waals surface area contributed by atoms with Crippen molar-refractivity contribution in [3.63, 3.8) is 0 Å². The summed E-state index contributed by atoms with van der Waals surface area (Å²) in [5, 5.41) is 16.0. The average molecular weight is 729 g/mol. The number of sulfone groups is 2. The molecule has 2 aromatic rings. The van der Waals surface area contributed by atoms with E-state index in [2.05, 4.69) is 26.2 Å². The zero-order chi connectivity index (χ0) is 38.0. The minimum Gasteiger partial charge on any atom is -0.359 e. The van der Waals surface area contributed by atoms with E-state index >= 15 is 0 Å². The molecular formula is C33H56N6O8S2. The van der Waals surface area contributed by atoms with Crippen LogP contribution in [-0.2, 0) is 51.9 Å². The van der Waals surface area contributed by atoms with E-state index in [1.165, 1.54) is 32.4 Å². The molecule has 3 amide bonds. The van der Waals surface area contributed by atoms with E-state index in [9.17, 15) is 31.2 Å². The van der Waals surface area contributed by atoms with Crippen LogP contribution >= 0.6 is 0 Å². The van der Waals surface area contributed by atoms with Crippen molar-refractivity contribution in [2.45, 2.75) is 129 Å². The first-order valence-corrected chi connectivity index (χ1v) is 19.7. The molecule has 0 bridgehead atoms. The molecule has 278 valence electrons. The first-order chi connectivity index (χ1) is 22.0. The normalized spacial score (nSPS) is 16.2. The Kier molecular flexibility index (Phi) is 12.8. The van der Waals surface area contributed by atoms with Crippen LogP contribution in [0, 0.1) is 5.92 Å². The molecule has 49 heavy (non-hydrogen) atoms. The van der Waals surface area contributed by atoms with Crippen LogP contribution < -0.4 is 16.0 Å². The highest BCUT2D eigenvalue weighted by molar-refractivity contribution is 7.93. The summed E-state index contributed by atoms with van der Waals surface area (Å²) in [6, 6.07) is 2.93. The molecule has 3 N–H and O–H groups in total. The Morgan fingerprint density at radius 2 is 1.47 bits per heavy atom. The third-order valence-electron chi connectivity index (χ3n) is 8.50. The van der Waals surface area contributed by atoms with Gasteiger partial charge in [-0.2, -0.15) is 5.10 Å². The minimum absolute atomic E-state index is 0.0167. The molecule has 1 atom stereocenters. The van der Waals surface area contributed by atoms with Crippen LogP contribution in [0.4, 0.5) is 11.6 Å². The van der Waals surface area contributed by atoms with Crippen LogP contribution in [0.25, 0.3) is 0 Å². The summed E-state index contributed by atoms with van der Waals surface area (Å²) in [5.41, 5.74) is 0.363. The Labute approximate surface area is 291 Å². The molecule has 0 radical (unpaired) electrons. The largest absolute Gasteiger partial charge is 0.359 e. The number of amides is 3. The molecule has 1 aliphatic rings. The van der Waals surface area contributed by atoms with Crippen molar-refractivity contribution < 1.29 is 35.7 Å². The fourth-order valence-corrected chi connectivity index (χ4v) is 7.53. The summed E-state index contributed by atoms with van der Waals surface area (Å²) >= 11 is 0. The van der Waals surface area contributed by atoms with E-state index in [0.29, 0.717) is 30.8 Å². The van der Waals surface area contributed by atoms with Crippen molar-refractivity contribution >= 4 is 49.0 Å². The Bertz CT molecular complexity index is 1720. The number of aryl methyl sites for hydroxylation is 1. The zero-order valence-electron chi connectivity index (χ0n) is 31.3. The summed E-state index contributed by atoms with van der Waals surface area (Å²) in [7, 11) is -5.65. The van der Waals surface area contributed by atoms with Crippen molar-refractivity contribution in [2.75, 3.05) is 22.1 Å². The second-order valence-electron chi connectivity index (χ2n) is 16.1. The molecule has 1 saturated heterocycles. The quantitative estimate of drug-likeness (QED) is 0.300. The standard InChI is InChI=1S/C17H28N4O4S.C16H28N2O4S/c1-16(2,3)12-9-13(21(6)20-12)19-15(23)17(4,5)26(24,25)10-11-7-8-14(22)18-11;1-11(2)8-9-23(20,21)16(6,7)14(19)17-13-10-12(22-18-13)15(3,4)5/h9,11H,7-8,10H2,1-6H3,(H,18,22)(H,19,23);10-11H,8-9H2,1-7H3,(H,17,18,19)/t11-;/m1./s1. The third-order valence-corrected chi connectivity index (χ3v) is 13.6. The number of nitrogens with zero attached hydrogens (tertiary/aromatic N) is 3. The van der Waals surface area contributed by atoms with Gasteiger partial charge in [0, 0.05) is 42.5 Å². The predicted molar refractivity (Wildman–Crippen MR) is 191 cm³/mol. The van der Waals surface area contributed by atoms with Gasteiger partial charge in [-0.25, -0.2) is 16.8 Å². The van der Waals surface area contributed by atoms with Crippen LogP contribution in [-0.4, -0.2) is 76.5 Å². The molecule has 1 fully saturated rings. The van der Waals surface area contributed by atoms with Crippen molar-refractivity contribution in [2.24, 2.45) is 13.0 Å². The summed E-state index contributed by atoms with van der Waals surface area (Å²) in [6.07, 6.45) is 1.31. The number of anilines is 2. The molecule has 0 spiro atoms. The van der Waals surface area contributed by atoms with Gasteiger partial charge in [-0.15, -0.1) is 0 Å². The van der Waals surface area contributed by atoms with Crippen molar-refractivity contribution in [3.8, 4) is 0 Å². The van der Waals surface area contributed by atoms with Crippen LogP contribution in [0.3, 0.4) is 0 Å². The van der Waals surface area contributed by atoms with Crippen LogP contribution in [0.5, 0.6) is 0 Å². The number of aromatic nitrogens is 3. The van der Waals surface area contributed by atoms with Crippen molar-refractivity contribution in [1.29, 1.82) is 0 Å². The van der Waals surface area contributed by atoms with Crippen LogP contribution in [0.15, 0.2) is 16.7 Å². The van der Waals surface area contributed by atoms with Gasteiger partial charge in [0.25, 0.3) is 0 Å². The maximum absolute atomic E-state index is 12.8. The van der Waals surface area contributed by atoms with Gasteiger partial charge in [-0.3, -0.25) is 19.1 Å². The summed E-state index contributed by atoms with van der Waals surface area (Å²) in [6.45, 7) is 21.4. The number of carbonyl (C=O) groups is 3. The minimum atomic E-state index is -3.78. The molecule has 0 aliphatic carbocycles. The van der Waals surface area contributed by atoms with Crippen LogP contribution in [0.1, 0.15) is 114 Å². The maximum Gasteiger partial charge on any atom is 0.246 e. The highest BCUT2D eigenvalue weighted by Crippen LogP contribution is 2.28. The molecule has 0 unspecified atom stereocenters. The lowest BCUT2D eigenvalue weighted by Gasteiger charge is -2.25. The topological polar surface area (TPSA) is 199 Å². The van der Waals surface area contributed by atoms with Gasteiger partial charge in [0.05, 0.1) is 17.2 Å². The van der Waals surface area contributed by atoms with E-state index in [0.717, 1.165) is 5.69 Å². The predicted octanol–water partition coefficient (Wildman–Crippen LogP) is 4.28. The van der Waals surface area contributed by atoms with Crippen LogP contribution in [0.2, 0.25) is 0 Å². The smallest absolute Gasteiger partial charge is 0.246 e. The first kappa shape index (κ1) is 41.9. The highest BCUT2D eigenvalue weighted by atomic mass is 32.2.